The van der Waals surface area contributed by atoms with E-state index in [2.05, 4.69) is 25.9 Å². The molecule has 0 aliphatic heterocycles. The molecular weight excluding hydrogens is 298 g/mol. The molecule has 0 aliphatic rings. The van der Waals surface area contributed by atoms with Crippen LogP contribution in [0.4, 0.5) is 0 Å². The van der Waals surface area contributed by atoms with Crippen LogP contribution in [0.2, 0.25) is 0 Å². The number of rotatable bonds is 3. The minimum Gasteiger partial charge on any atom is -0.324 e. The van der Waals surface area contributed by atoms with Gasteiger partial charge in [-0.2, -0.15) is 0 Å². The minimum absolute atomic E-state index is 0.0244. The molecule has 0 aliphatic carbocycles. The maximum atomic E-state index is 5.86. The minimum atomic E-state index is 0.0244. The number of hydrogen-bond donors (Lipinski definition) is 1. The summed E-state index contributed by atoms with van der Waals surface area (Å²) in [4.78, 5) is 9.44. The Morgan fingerprint density at radius 3 is 2.59 bits per heavy atom. The van der Waals surface area contributed by atoms with Gasteiger partial charge in [0, 0.05) is 27.8 Å². The summed E-state index contributed by atoms with van der Waals surface area (Å²) in [6.45, 7) is 1.97. The van der Waals surface area contributed by atoms with E-state index in [-0.39, 0.29) is 6.04 Å². The fourth-order valence-corrected chi connectivity index (χ4v) is 3.03. The van der Waals surface area contributed by atoms with Crippen LogP contribution in [0, 0.1) is 0 Å². The lowest BCUT2D eigenvalue weighted by molar-refractivity contribution is 0.811. The van der Waals surface area contributed by atoms with Gasteiger partial charge in [-0.1, -0.05) is 22.0 Å². The van der Waals surface area contributed by atoms with E-state index in [0.29, 0.717) is 0 Å². The third-order valence-corrected chi connectivity index (χ3v) is 3.78. The third kappa shape index (κ3) is 3.28. The van der Waals surface area contributed by atoms with Gasteiger partial charge in [-0.3, -0.25) is 0 Å². The van der Waals surface area contributed by atoms with Crippen molar-refractivity contribution in [2.75, 3.05) is 0 Å². The molecule has 0 saturated heterocycles. The van der Waals surface area contributed by atoms with Crippen molar-refractivity contribution in [2.45, 2.75) is 23.0 Å². The van der Waals surface area contributed by atoms with Crippen molar-refractivity contribution >= 4 is 27.7 Å². The molecule has 2 aromatic rings. The second-order valence-electron chi connectivity index (χ2n) is 3.61. The van der Waals surface area contributed by atoms with Gasteiger partial charge in [0.05, 0.1) is 0 Å². The fraction of sp³-hybridized carbons (Fsp3) is 0.167. The van der Waals surface area contributed by atoms with Crippen LogP contribution in [-0.4, -0.2) is 9.97 Å². The lowest BCUT2D eigenvalue weighted by Gasteiger charge is -2.09. The quantitative estimate of drug-likeness (QED) is 0.883. The van der Waals surface area contributed by atoms with Crippen molar-refractivity contribution in [3.8, 4) is 0 Å². The Morgan fingerprint density at radius 1 is 1.29 bits per heavy atom. The monoisotopic (exact) mass is 309 g/mol. The van der Waals surface area contributed by atoms with Crippen LogP contribution in [0.15, 0.2) is 51.2 Å². The van der Waals surface area contributed by atoms with Crippen molar-refractivity contribution < 1.29 is 0 Å². The molecule has 2 N–H and O–H groups in total. The van der Waals surface area contributed by atoms with Gasteiger partial charge in [0.25, 0.3) is 0 Å². The van der Waals surface area contributed by atoms with Crippen LogP contribution >= 0.6 is 27.7 Å². The van der Waals surface area contributed by atoms with Gasteiger partial charge in [0.1, 0.15) is 0 Å². The number of halogens is 1. The van der Waals surface area contributed by atoms with Crippen molar-refractivity contribution in [2.24, 2.45) is 5.73 Å². The molecule has 1 atom stereocenters. The number of nitrogens with zero attached hydrogens (tertiary/aromatic N) is 2. The van der Waals surface area contributed by atoms with E-state index in [9.17, 15) is 0 Å². The highest BCUT2D eigenvalue weighted by atomic mass is 79.9. The molecule has 5 heteroatoms. The summed E-state index contributed by atoms with van der Waals surface area (Å²) in [5.74, 6) is 0. The number of aromatic nitrogens is 2. The van der Waals surface area contributed by atoms with Gasteiger partial charge >= 0.3 is 0 Å². The predicted octanol–water partition coefficient (Wildman–Crippen LogP) is 3.41. The van der Waals surface area contributed by atoms with E-state index in [4.69, 9.17) is 5.73 Å². The molecule has 0 unspecified atom stereocenters. The van der Waals surface area contributed by atoms with Gasteiger partial charge < -0.3 is 5.73 Å². The highest BCUT2D eigenvalue weighted by Gasteiger charge is 2.07. The molecule has 1 aromatic carbocycles. The molecule has 0 spiro atoms. The van der Waals surface area contributed by atoms with Crippen molar-refractivity contribution in [1.29, 1.82) is 0 Å². The molecule has 0 amide bonds. The average Bonchev–Trinajstić information content (AvgIpc) is 2.30. The van der Waals surface area contributed by atoms with E-state index >= 15 is 0 Å². The summed E-state index contributed by atoms with van der Waals surface area (Å²) in [7, 11) is 0. The third-order valence-electron chi connectivity index (χ3n) is 2.21. The SMILES string of the molecule is C[C@@H](N)c1ccc(Sc2ncccn2)cc1Br. The maximum Gasteiger partial charge on any atom is 0.192 e. The molecule has 1 aromatic heterocycles. The lowest BCUT2D eigenvalue weighted by atomic mass is 10.1. The first kappa shape index (κ1) is 12.5. The Kier molecular flexibility index (Phi) is 4.15. The molecule has 0 bridgehead atoms. The Morgan fingerprint density at radius 2 is 2.00 bits per heavy atom. The molecule has 0 radical (unpaired) electrons. The average molecular weight is 310 g/mol. The van der Waals surface area contributed by atoms with Crippen LogP contribution in [0.1, 0.15) is 18.5 Å². The Labute approximate surface area is 113 Å². The highest BCUT2D eigenvalue weighted by Crippen LogP contribution is 2.30. The Bertz CT molecular complexity index is 502. The van der Waals surface area contributed by atoms with Gasteiger partial charge in [0.15, 0.2) is 5.16 Å². The highest BCUT2D eigenvalue weighted by molar-refractivity contribution is 9.10. The van der Waals surface area contributed by atoms with Gasteiger partial charge in [-0.05, 0) is 42.4 Å². The molecular formula is C12H12BrN3S. The second-order valence-corrected chi connectivity index (χ2v) is 5.50. The topological polar surface area (TPSA) is 51.8 Å². The first-order valence-corrected chi connectivity index (χ1v) is 6.77. The zero-order valence-corrected chi connectivity index (χ0v) is 11.7. The summed E-state index contributed by atoms with van der Waals surface area (Å²) >= 11 is 5.06. The van der Waals surface area contributed by atoms with E-state index < -0.39 is 0 Å². The van der Waals surface area contributed by atoms with Crippen LogP contribution in [0.25, 0.3) is 0 Å². The number of benzene rings is 1. The number of nitrogens with two attached hydrogens (primary N) is 1. The van der Waals surface area contributed by atoms with Crippen molar-refractivity contribution in [1.82, 2.24) is 9.97 Å². The van der Waals surface area contributed by atoms with E-state index in [1.165, 1.54) is 11.8 Å². The summed E-state index contributed by atoms with van der Waals surface area (Å²) in [6.07, 6.45) is 3.47. The van der Waals surface area contributed by atoms with Crippen LogP contribution in [0.5, 0.6) is 0 Å². The van der Waals surface area contributed by atoms with E-state index in [1.807, 2.05) is 25.1 Å². The second kappa shape index (κ2) is 5.62. The molecule has 1 heterocycles. The smallest absolute Gasteiger partial charge is 0.192 e. The molecule has 0 saturated carbocycles. The normalized spacial score (nSPS) is 12.4. The molecule has 88 valence electrons. The van der Waals surface area contributed by atoms with Gasteiger partial charge in [-0.15, -0.1) is 0 Å². The van der Waals surface area contributed by atoms with Crippen LogP contribution < -0.4 is 5.73 Å². The summed E-state index contributed by atoms with van der Waals surface area (Å²) in [5, 5.41) is 0.743. The lowest BCUT2D eigenvalue weighted by Crippen LogP contribution is -2.05. The van der Waals surface area contributed by atoms with Crippen LogP contribution in [-0.2, 0) is 0 Å². The Hall–Kier alpha value is -0.910. The summed E-state index contributed by atoms with van der Waals surface area (Å²) < 4.78 is 1.02. The Balaban J connectivity index is 2.21. The zero-order valence-electron chi connectivity index (χ0n) is 9.30. The zero-order chi connectivity index (χ0) is 12.3. The maximum absolute atomic E-state index is 5.86. The van der Waals surface area contributed by atoms with E-state index in [0.717, 1.165) is 20.1 Å². The van der Waals surface area contributed by atoms with Crippen molar-refractivity contribution in [3.63, 3.8) is 0 Å². The molecule has 3 nitrogen and oxygen atoms in total. The number of hydrogen-bond acceptors (Lipinski definition) is 4. The molecule has 17 heavy (non-hydrogen) atoms. The molecule has 2 rings (SSSR count). The standard InChI is InChI=1S/C12H12BrN3S/c1-8(14)10-4-3-9(7-11(10)13)17-12-15-5-2-6-16-12/h2-8H,14H2,1H3/t8-/m1/s1. The largest absolute Gasteiger partial charge is 0.324 e. The van der Waals surface area contributed by atoms with E-state index in [1.54, 1.807) is 18.5 Å². The van der Waals surface area contributed by atoms with Crippen molar-refractivity contribution in [3.05, 3.63) is 46.7 Å². The molecule has 0 fully saturated rings. The fourth-order valence-electron chi connectivity index (χ4n) is 1.38. The first-order valence-electron chi connectivity index (χ1n) is 5.16. The first-order chi connectivity index (χ1) is 8.16. The summed E-state index contributed by atoms with van der Waals surface area (Å²) in [6, 6.07) is 7.93. The predicted molar refractivity (Wildman–Crippen MR) is 72.9 cm³/mol. The van der Waals surface area contributed by atoms with Gasteiger partial charge in [0.2, 0.25) is 0 Å². The van der Waals surface area contributed by atoms with Gasteiger partial charge in [-0.25, -0.2) is 9.97 Å². The summed E-state index contributed by atoms with van der Waals surface area (Å²) in [5.41, 5.74) is 6.96. The van der Waals surface area contributed by atoms with Crippen LogP contribution in [0.3, 0.4) is 0 Å².